The molecule has 0 unspecified atom stereocenters. The number of aromatic nitrogens is 2. The van der Waals surface area contributed by atoms with Gasteiger partial charge >= 0.3 is 11.7 Å². The van der Waals surface area contributed by atoms with Gasteiger partial charge in [-0.15, -0.1) is 0 Å². The standard InChI is InChI=1S/C19H13N3OS.C18H13N3O3.C18H15N3O.C11H6BrN.C11H6N4.C11H8N2.C7H6FNO3.C6H11BrO2/c1-23-13-7-9-18-16(10-13)21-19(24)22(18)17-8-6-12(11-20)14-4-2-3-5-15(14)17;1-24-13-7-9-17(18(10-13)21(22)23)20-16-8-6-12(11-19)14-4-2-3-5-15(14)16;1-22-13-7-9-18(16(20)10-13)21-17-8-6-12(11-19)14-4-2-3-5-15(14)17;12-11-6-5-8(7-13)9-3-1-2-4-10(9)11;12-7-8-5-6-11(14-15-13)10-4-2-1-3-9(8)10;12-7-8-5-6-11(13)10-4-2-1-3-9(8)10;1-12-5-2-3-6(8)7(4-5)9(10)11;1-4-9-5(8)6(2,3)7/h2-10H,1H3,(H,21,24);2-10,20H,1H3;2-10,21H,20H2,1H3;1-6H;1-6H;1-6H,13H2;2-4H,1H3;4H2,1-3H3. The van der Waals surface area contributed by atoms with Gasteiger partial charge in [0.25, 0.3) is 5.69 Å². The van der Waals surface area contributed by atoms with Crippen molar-refractivity contribution in [1.29, 1.82) is 31.6 Å². The summed E-state index contributed by atoms with van der Waals surface area (Å²) in [6, 6.07) is 99.8. The summed E-state index contributed by atoms with van der Waals surface area (Å²) < 4.78 is 40.6. The lowest BCUT2D eigenvalue weighted by atomic mass is 10.0. The Morgan fingerprint density at radius 1 is 0.477 bits per heavy atom. The molecule has 16 aromatic carbocycles. The fraction of sp³-hybridized carbons (Fsp3) is 0.0891. The van der Waals surface area contributed by atoms with E-state index in [-0.39, 0.29) is 17.4 Å². The normalized spacial score (nSPS) is 10.1. The molecule has 0 aliphatic rings. The first-order valence-corrected chi connectivity index (χ1v) is 41.6. The fourth-order valence-electron chi connectivity index (χ4n) is 13.4. The SMILES string of the molecule is CCOC(=O)C(C)(C)Br.COc1ccc(F)c([N+](=O)[O-])c1.COc1ccc(Nc2ccc(C#N)c3ccccc23)c(N)c1.COc1ccc(Nc2ccc(C#N)c3ccccc23)c([N+](=O)[O-])c1.COc1ccc2c(c1)[nH]c(=S)n2-c1ccc(C#N)c2ccccc12.N#Cc1ccc(Br)c2ccccc12.N#Cc1ccc(N)c2ccccc12.N#Cc1ccc(N=[N+]=[N-])c2ccccc12. The van der Waals surface area contributed by atoms with Gasteiger partial charge in [-0.05, 0) is 170 Å². The topological polar surface area (TPSA) is 438 Å². The van der Waals surface area contributed by atoms with Crippen molar-refractivity contribution < 1.29 is 42.7 Å². The second kappa shape index (κ2) is 46.2. The zero-order chi connectivity index (χ0) is 95.1. The number of nitrogen functional groups attached to an aromatic ring is 2. The minimum Gasteiger partial charge on any atom is -0.497 e. The van der Waals surface area contributed by atoms with E-state index in [1.54, 1.807) is 89.6 Å². The third kappa shape index (κ3) is 23.8. The van der Waals surface area contributed by atoms with E-state index in [1.807, 2.05) is 217 Å². The number of nitrogens with one attached hydrogen (secondary N) is 3. The number of rotatable bonds is 14. The van der Waals surface area contributed by atoms with Crippen LogP contribution in [0, 0.1) is 98.8 Å². The molecule has 17 aromatic rings. The number of benzene rings is 16. The number of halogens is 3. The van der Waals surface area contributed by atoms with Crippen molar-refractivity contribution in [3.8, 4) is 65.1 Å². The highest BCUT2D eigenvalue weighted by Crippen LogP contribution is 2.39. The Morgan fingerprint density at radius 3 is 1.30 bits per heavy atom. The molecule has 7 N–H and O–H groups in total. The number of hydrogen-bond donors (Lipinski definition) is 5. The zero-order valence-corrected chi connectivity index (χ0v) is 75.6. The largest absolute Gasteiger partial charge is 0.497 e. The van der Waals surface area contributed by atoms with Crippen molar-refractivity contribution in [2.24, 2.45) is 5.11 Å². The van der Waals surface area contributed by atoms with Crippen LogP contribution < -0.4 is 41.0 Å². The number of fused-ring (bicyclic) bond motifs is 7. The maximum absolute atomic E-state index is 12.7. The third-order valence-electron chi connectivity index (χ3n) is 19.8. The van der Waals surface area contributed by atoms with Crippen LogP contribution in [-0.2, 0) is 9.53 Å². The highest BCUT2D eigenvalue weighted by molar-refractivity contribution is 9.10. The Kier molecular flexibility index (Phi) is 33.9. The van der Waals surface area contributed by atoms with Crippen LogP contribution in [0.3, 0.4) is 0 Å². The minimum absolute atomic E-state index is 0.0807. The lowest BCUT2D eigenvalue weighted by Crippen LogP contribution is -2.26. The van der Waals surface area contributed by atoms with Gasteiger partial charge in [-0.3, -0.25) is 29.6 Å². The van der Waals surface area contributed by atoms with Crippen LogP contribution in [0.5, 0.6) is 23.0 Å². The number of nitro benzene ring substituents is 2. The highest BCUT2D eigenvalue weighted by Gasteiger charge is 2.25. The first-order valence-electron chi connectivity index (χ1n) is 39.6. The van der Waals surface area contributed by atoms with E-state index in [9.17, 15) is 45.2 Å². The maximum Gasteiger partial charge on any atom is 0.322 e. The maximum atomic E-state index is 12.7. The van der Waals surface area contributed by atoms with Crippen LogP contribution in [-0.4, -0.2) is 64.7 Å². The summed E-state index contributed by atoms with van der Waals surface area (Å²) in [5.74, 6) is 1.09. The number of H-pyrrole nitrogens is 1. The Bertz CT molecular complexity index is 7520. The van der Waals surface area contributed by atoms with Crippen LogP contribution >= 0.6 is 44.1 Å². The van der Waals surface area contributed by atoms with Gasteiger partial charge in [-0.25, -0.2) is 0 Å². The summed E-state index contributed by atoms with van der Waals surface area (Å²) in [6.07, 6.45) is 0. The number of methoxy groups -OCH3 is 4. The van der Waals surface area contributed by atoms with E-state index in [4.69, 9.17) is 63.9 Å². The number of nitriles is 6. The van der Waals surface area contributed by atoms with E-state index in [1.165, 1.54) is 26.4 Å². The molecule has 27 nitrogen and oxygen atoms in total. The van der Waals surface area contributed by atoms with E-state index in [2.05, 4.69) is 98.7 Å². The molecule has 0 amide bonds. The third-order valence-corrected chi connectivity index (χ3v) is 21.1. The van der Waals surface area contributed by atoms with E-state index in [0.29, 0.717) is 73.4 Å². The molecular weight excluding hydrogens is 1820 g/mol. The van der Waals surface area contributed by atoms with Gasteiger partial charge in [0.15, 0.2) is 4.77 Å². The molecule has 0 radical (unpaired) electrons. The molecule has 31 heteroatoms. The fourth-order valence-corrected chi connectivity index (χ4v) is 14.3. The van der Waals surface area contributed by atoms with Crippen molar-refractivity contribution in [3.63, 3.8) is 0 Å². The van der Waals surface area contributed by atoms with E-state index >= 15 is 0 Å². The van der Waals surface area contributed by atoms with Gasteiger partial charge in [0.05, 0.1) is 155 Å². The predicted octanol–water partition coefficient (Wildman–Crippen LogP) is 26.0. The summed E-state index contributed by atoms with van der Waals surface area (Å²) in [5, 5.41) is 96.9. The zero-order valence-electron chi connectivity index (χ0n) is 71.6. The molecule has 654 valence electrons. The minimum atomic E-state index is -0.860. The average molecular weight is 1900 g/mol. The molecule has 17 rings (SSSR count). The molecule has 0 fully saturated rings. The second-order valence-electron chi connectivity index (χ2n) is 28.3. The van der Waals surface area contributed by atoms with Gasteiger partial charge in [-0.1, -0.05) is 189 Å². The molecule has 0 saturated carbocycles. The van der Waals surface area contributed by atoms with Gasteiger partial charge in [0.1, 0.15) is 33.0 Å². The average Bonchev–Trinajstić information content (AvgIpc) is 1.55. The molecule has 1 aromatic heterocycles. The number of hydrogen-bond acceptors (Lipinski definition) is 22. The summed E-state index contributed by atoms with van der Waals surface area (Å²) in [7, 11) is 6.06. The van der Waals surface area contributed by atoms with E-state index in [0.717, 1.165) is 126 Å². The molecule has 0 atom stereocenters. The number of carbonyl (C=O) groups excluding carboxylic acids is 1. The first kappa shape index (κ1) is 96.8. The Morgan fingerprint density at radius 2 is 0.841 bits per heavy atom. The predicted molar refractivity (Wildman–Crippen MR) is 524 cm³/mol. The molecule has 0 spiro atoms. The number of carbonyl (C=O) groups is 1. The van der Waals surface area contributed by atoms with Crippen LogP contribution in [0.25, 0.3) is 91.8 Å². The number of esters is 1. The number of azide groups is 1. The summed E-state index contributed by atoms with van der Waals surface area (Å²) in [5.41, 5.74) is 30.9. The van der Waals surface area contributed by atoms with Crippen molar-refractivity contribution in [3.05, 3.63) is 370 Å². The van der Waals surface area contributed by atoms with Crippen molar-refractivity contribution in [1.82, 2.24) is 9.55 Å². The van der Waals surface area contributed by atoms with Crippen molar-refractivity contribution in [2.45, 2.75) is 25.1 Å². The molecule has 0 aliphatic heterocycles. The summed E-state index contributed by atoms with van der Waals surface area (Å²) in [6.45, 7) is 5.74. The van der Waals surface area contributed by atoms with Gasteiger partial charge in [0.2, 0.25) is 5.82 Å². The summed E-state index contributed by atoms with van der Waals surface area (Å²) in [4.78, 5) is 37.0. The number of nitrogens with zero attached hydrogens (tertiary/aromatic N) is 12. The van der Waals surface area contributed by atoms with Gasteiger partial charge < -0.3 is 50.8 Å². The van der Waals surface area contributed by atoms with Crippen LogP contribution in [0.1, 0.15) is 54.2 Å². The number of nitrogens with two attached hydrogens (primary N) is 2. The molecular formula is C101H78Br2FN17O10S. The Hall–Kier alpha value is -17.4. The number of aromatic amines is 1. The highest BCUT2D eigenvalue weighted by atomic mass is 79.9. The van der Waals surface area contributed by atoms with Gasteiger partial charge in [-0.2, -0.15) is 36.0 Å². The number of anilines is 6. The number of alkyl halides is 1. The van der Waals surface area contributed by atoms with Crippen LogP contribution in [0.4, 0.5) is 55.6 Å². The lowest BCUT2D eigenvalue weighted by Gasteiger charge is -2.13. The number of nitro groups is 2. The molecule has 0 bridgehead atoms. The van der Waals surface area contributed by atoms with Crippen molar-refractivity contribution in [2.75, 3.05) is 57.1 Å². The molecule has 1 heterocycles. The quantitative estimate of drug-likeness (QED) is 0.00777. The summed E-state index contributed by atoms with van der Waals surface area (Å²) >= 11 is 12.2. The van der Waals surface area contributed by atoms with Crippen LogP contribution in [0.15, 0.2) is 301 Å². The smallest absolute Gasteiger partial charge is 0.322 e. The monoisotopic (exact) mass is 1900 g/mol. The molecule has 0 saturated heterocycles. The number of imidazole rings is 1. The van der Waals surface area contributed by atoms with Gasteiger partial charge in [0, 0.05) is 92.7 Å². The second-order valence-corrected chi connectivity index (χ2v) is 31.5. The molecule has 0 aliphatic carbocycles. The first-order chi connectivity index (χ1) is 63.7. The molecule has 132 heavy (non-hydrogen) atoms. The number of ether oxygens (including phenoxy) is 5. The van der Waals surface area contributed by atoms with E-state index < -0.39 is 25.7 Å². The van der Waals surface area contributed by atoms with Crippen LogP contribution in [0.2, 0.25) is 0 Å². The Labute approximate surface area is 778 Å². The lowest BCUT2D eigenvalue weighted by molar-refractivity contribution is -0.387. The van der Waals surface area contributed by atoms with Crippen molar-refractivity contribution >= 4 is 177 Å². The Balaban J connectivity index is 0.000000160.